The summed E-state index contributed by atoms with van der Waals surface area (Å²) in [5, 5.41) is 10.5. The van der Waals surface area contributed by atoms with E-state index in [4.69, 9.17) is 16.9 Å². The van der Waals surface area contributed by atoms with E-state index in [9.17, 15) is 4.79 Å². The van der Waals surface area contributed by atoms with E-state index in [1.165, 1.54) is 11.3 Å². The Kier molecular flexibility index (Phi) is 5.67. The highest BCUT2D eigenvalue weighted by molar-refractivity contribution is 7.15. The van der Waals surface area contributed by atoms with Gasteiger partial charge in [0.2, 0.25) is 0 Å². The molecule has 1 heterocycles. The van der Waals surface area contributed by atoms with Crippen molar-refractivity contribution in [1.29, 1.82) is 5.26 Å². The van der Waals surface area contributed by atoms with Gasteiger partial charge in [-0.3, -0.25) is 4.79 Å². The van der Waals surface area contributed by atoms with Crippen LogP contribution < -0.4 is 4.90 Å². The summed E-state index contributed by atoms with van der Waals surface area (Å²) >= 11 is 7.56. The molecule has 0 fully saturated rings. The van der Waals surface area contributed by atoms with Crippen LogP contribution in [0.2, 0.25) is 5.02 Å². The fraction of sp³-hybridized carbons (Fsp3) is 0.150. The van der Waals surface area contributed by atoms with Crippen LogP contribution in [-0.2, 0) is 6.42 Å². The molecule has 2 aromatic carbocycles. The van der Waals surface area contributed by atoms with E-state index in [-0.39, 0.29) is 0 Å². The van der Waals surface area contributed by atoms with E-state index in [1.807, 2.05) is 43.3 Å². The molecule has 26 heavy (non-hydrogen) atoms. The number of aromatic nitrogens is 1. The Hall–Kier alpha value is -2.68. The van der Waals surface area contributed by atoms with Crippen LogP contribution in [0.3, 0.4) is 0 Å². The Morgan fingerprint density at radius 3 is 2.65 bits per heavy atom. The summed E-state index contributed by atoms with van der Waals surface area (Å²) < 4.78 is 0. The fourth-order valence-corrected chi connectivity index (χ4v) is 3.74. The third-order valence-corrected chi connectivity index (χ3v) is 5.23. The Labute approximate surface area is 161 Å². The Bertz CT molecular complexity index is 960. The molecule has 0 spiro atoms. The van der Waals surface area contributed by atoms with Gasteiger partial charge in [0, 0.05) is 22.1 Å². The molecule has 3 rings (SSSR count). The zero-order chi connectivity index (χ0) is 18.5. The van der Waals surface area contributed by atoms with Crippen molar-refractivity contribution in [3.8, 4) is 6.07 Å². The monoisotopic (exact) mass is 381 g/mol. The van der Waals surface area contributed by atoms with Crippen molar-refractivity contribution in [2.24, 2.45) is 0 Å². The lowest BCUT2D eigenvalue weighted by atomic mass is 10.1. The summed E-state index contributed by atoms with van der Waals surface area (Å²) in [6.45, 7) is 2.57. The number of hydrogen-bond donors (Lipinski definition) is 0. The molecule has 0 aliphatic carbocycles. The number of carbonyl (C=O) groups is 1. The predicted molar refractivity (Wildman–Crippen MR) is 106 cm³/mol. The van der Waals surface area contributed by atoms with Crippen LogP contribution in [-0.4, -0.2) is 17.8 Å². The number of rotatable bonds is 6. The van der Waals surface area contributed by atoms with Gasteiger partial charge < -0.3 is 4.90 Å². The first kappa shape index (κ1) is 18.1. The molecule has 0 saturated carbocycles. The van der Waals surface area contributed by atoms with Crippen molar-refractivity contribution < 1.29 is 4.79 Å². The molecule has 0 N–H and O–H groups in total. The molecule has 0 bridgehead atoms. The van der Waals surface area contributed by atoms with Crippen LogP contribution in [0.25, 0.3) is 0 Å². The molecule has 130 valence electrons. The van der Waals surface area contributed by atoms with Gasteiger partial charge in [0.25, 0.3) is 0 Å². The van der Waals surface area contributed by atoms with Gasteiger partial charge in [0.1, 0.15) is 5.69 Å². The van der Waals surface area contributed by atoms with Gasteiger partial charge in [-0.05, 0) is 55.3 Å². The van der Waals surface area contributed by atoms with Crippen molar-refractivity contribution in [1.82, 2.24) is 4.98 Å². The van der Waals surface area contributed by atoms with Crippen molar-refractivity contribution in [2.75, 3.05) is 11.4 Å². The molecule has 4 nitrogen and oxygen atoms in total. The number of benzene rings is 2. The molecule has 0 amide bonds. The highest BCUT2D eigenvalue weighted by atomic mass is 35.5. The number of aryl methyl sites for hydroxylation is 1. The first-order valence-electron chi connectivity index (χ1n) is 8.05. The zero-order valence-electron chi connectivity index (χ0n) is 14.1. The maximum atomic E-state index is 11.2. The standard InChI is InChI=1S/C20H16ClN3OS/c1-14-19(13-25)23-20(26-14)24(18-7-5-16(12-22)6-8-18)10-9-15-3-2-4-17(21)11-15/h2-8,11,13H,9-10H2,1H3. The number of halogens is 1. The van der Waals surface area contributed by atoms with Crippen LogP contribution in [0.5, 0.6) is 0 Å². The molecule has 0 aliphatic rings. The summed E-state index contributed by atoms with van der Waals surface area (Å²) in [7, 11) is 0. The van der Waals surface area contributed by atoms with E-state index < -0.39 is 0 Å². The fourth-order valence-electron chi connectivity index (χ4n) is 2.60. The van der Waals surface area contributed by atoms with Crippen molar-refractivity contribution in [3.05, 3.63) is 75.3 Å². The van der Waals surface area contributed by atoms with Gasteiger partial charge >= 0.3 is 0 Å². The lowest BCUT2D eigenvalue weighted by Crippen LogP contribution is -2.20. The largest absolute Gasteiger partial charge is 0.317 e. The number of hydrogen-bond acceptors (Lipinski definition) is 5. The van der Waals surface area contributed by atoms with Crippen molar-refractivity contribution >= 4 is 40.0 Å². The minimum absolute atomic E-state index is 0.464. The highest BCUT2D eigenvalue weighted by Crippen LogP contribution is 2.31. The summed E-state index contributed by atoms with van der Waals surface area (Å²) in [6, 6.07) is 17.2. The molecule has 6 heteroatoms. The minimum Gasteiger partial charge on any atom is -0.317 e. The van der Waals surface area contributed by atoms with Crippen LogP contribution in [0, 0.1) is 18.3 Å². The van der Waals surface area contributed by atoms with Gasteiger partial charge in [-0.1, -0.05) is 23.7 Å². The van der Waals surface area contributed by atoms with Gasteiger partial charge in [-0.15, -0.1) is 11.3 Å². The summed E-state index contributed by atoms with van der Waals surface area (Å²) in [4.78, 5) is 18.6. The van der Waals surface area contributed by atoms with Crippen LogP contribution >= 0.6 is 22.9 Å². The summed E-state index contributed by atoms with van der Waals surface area (Å²) in [5.41, 5.74) is 3.12. The average molecular weight is 382 g/mol. The Morgan fingerprint density at radius 2 is 2.04 bits per heavy atom. The van der Waals surface area contributed by atoms with Gasteiger partial charge in [-0.25, -0.2) is 4.98 Å². The van der Waals surface area contributed by atoms with Crippen molar-refractivity contribution in [3.63, 3.8) is 0 Å². The third-order valence-electron chi connectivity index (χ3n) is 3.98. The SMILES string of the molecule is Cc1sc(N(CCc2cccc(Cl)c2)c2ccc(C#N)cc2)nc1C=O. The second-order valence-corrected chi connectivity index (χ2v) is 7.36. The van der Waals surface area contributed by atoms with Gasteiger partial charge in [0.15, 0.2) is 11.4 Å². The topological polar surface area (TPSA) is 57.0 Å². The van der Waals surface area contributed by atoms with Gasteiger partial charge in [-0.2, -0.15) is 5.26 Å². The molecular formula is C20H16ClN3OS. The lowest BCUT2D eigenvalue weighted by Gasteiger charge is -2.22. The number of aldehydes is 1. The van der Waals surface area contributed by atoms with E-state index in [1.54, 1.807) is 12.1 Å². The number of thiazole rings is 1. The van der Waals surface area contributed by atoms with E-state index >= 15 is 0 Å². The Balaban J connectivity index is 1.92. The smallest absolute Gasteiger partial charge is 0.190 e. The third kappa shape index (κ3) is 4.10. The van der Waals surface area contributed by atoms with E-state index in [0.717, 1.165) is 34.0 Å². The molecule has 0 unspecified atom stereocenters. The second kappa shape index (κ2) is 8.13. The van der Waals surface area contributed by atoms with Crippen LogP contribution in [0.4, 0.5) is 10.8 Å². The zero-order valence-corrected chi connectivity index (χ0v) is 15.7. The highest BCUT2D eigenvalue weighted by Gasteiger charge is 2.16. The number of anilines is 2. The minimum atomic E-state index is 0.464. The molecule has 0 atom stereocenters. The van der Waals surface area contributed by atoms with Gasteiger partial charge in [0.05, 0.1) is 11.6 Å². The molecule has 0 radical (unpaired) electrons. The molecule has 0 saturated heterocycles. The number of carbonyl (C=O) groups excluding carboxylic acids is 1. The number of nitrogens with zero attached hydrogens (tertiary/aromatic N) is 3. The predicted octanol–water partition coefficient (Wildman–Crippen LogP) is 5.17. The van der Waals surface area contributed by atoms with E-state index in [0.29, 0.717) is 22.8 Å². The van der Waals surface area contributed by atoms with Crippen molar-refractivity contribution in [2.45, 2.75) is 13.3 Å². The number of nitriles is 1. The lowest BCUT2D eigenvalue weighted by molar-refractivity contribution is 0.111. The molecular weight excluding hydrogens is 366 g/mol. The second-order valence-electron chi connectivity index (χ2n) is 5.75. The summed E-state index contributed by atoms with van der Waals surface area (Å²) in [6.07, 6.45) is 1.55. The molecule has 1 aromatic heterocycles. The normalized spacial score (nSPS) is 10.3. The van der Waals surface area contributed by atoms with Crippen LogP contribution in [0.15, 0.2) is 48.5 Å². The van der Waals surface area contributed by atoms with Crippen LogP contribution in [0.1, 0.15) is 26.5 Å². The Morgan fingerprint density at radius 1 is 1.27 bits per heavy atom. The molecule has 0 aliphatic heterocycles. The maximum Gasteiger partial charge on any atom is 0.190 e. The molecule has 3 aromatic rings. The maximum absolute atomic E-state index is 11.2. The first-order valence-corrected chi connectivity index (χ1v) is 9.25. The first-order chi connectivity index (χ1) is 12.6. The average Bonchev–Trinajstić information content (AvgIpc) is 3.03. The van der Waals surface area contributed by atoms with E-state index in [2.05, 4.69) is 16.0 Å². The summed E-state index contributed by atoms with van der Waals surface area (Å²) in [5.74, 6) is 0. The quantitative estimate of drug-likeness (QED) is 0.552.